The third kappa shape index (κ3) is 8.71. The van der Waals surface area contributed by atoms with Gasteiger partial charge in [-0.1, -0.05) is 54.6 Å². The van der Waals surface area contributed by atoms with Gasteiger partial charge < -0.3 is 38.8 Å². The Balaban J connectivity index is 1.41. The topological polar surface area (TPSA) is 160 Å². The van der Waals surface area contributed by atoms with Gasteiger partial charge in [0.1, 0.15) is 42.2 Å². The van der Waals surface area contributed by atoms with Gasteiger partial charge in [0.05, 0.1) is 27.4 Å². The molecule has 0 spiro atoms. The third-order valence-electron chi connectivity index (χ3n) is 8.43. The van der Waals surface area contributed by atoms with Crippen LogP contribution >= 0.6 is 0 Å². The van der Waals surface area contributed by atoms with Crippen LogP contribution in [0.4, 0.5) is 13.2 Å². The van der Waals surface area contributed by atoms with Crippen molar-refractivity contribution in [3.05, 3.63) is 129 Å². The zero-order valence-electron chi connectivity index (χ0n) is 28.2. The van der Waals surface area contributed by atoms with Gasteiger partial charge in [-0.25, -0.2) is 4.79 Å². The molecular formula is C36H38F3N3O10. The number of methoxy groups -OCH3 is 2. The monoisotopic (exact) mass is 729 g/mol. The molecular weight excluding hydrogens is 691 g/mol. The number of H-pyrrole nitrogens is 1. The molecule has 5 rings (SSSR count). The summed E-state index contributed by atoms with van der Waals surface area (Å²) in [6, 6.07) is 25.2. The predicted molar refractivity (Wildman–Crippen MR) is 179 cm³/mol. The molecule has 3 aromatic carbocycles. The van der Waals surface area contributed by atoms with E-state index in [9.17, 15) is 32.7 Å². The molecule has 1 saturated heterocycles. The van der Waals surface area contributed by atoms with Crippen LogP contribution in [0.3, 0.4) is 0 Å². The molecule has 0 bridgehead atoms. The number of carbonyl (C=O) groups excluding carboxylic acids is 1. The Morgan fingerprint density at radius 3 is 2.06 bits per heavy atom. The van der Waals surface area contributed by atoms with Gasteiger partial charge in [0.25, 0.3) is 5.56 Å². The van der Waals surface area contributed by atoms with Crippen LogP contribution in [-0.2, 0) is 29.3 Å². The number of nitrogens with one attached hydrogen (secondary N) is 2. The molecule has 3 N–H and O–H groups in total. The summed E-state index contributed by atoms with van der Waals surface area (Å²) < 4.78 is 73.4. The van der Waals surface area contributed by atoms with Crippen LogP contribution in [0.2, 0.25) is 0 Å². The Kier molecular flexibility index (Phi) is 12.5. The lowest BCUT2D eigenvalue weighted by molar-refractivity contribution is -0.173. The number of alkyl halides is 3. The highest BCUT2D eigenvalue weighted by atomic mass is 19.4. The van der Waals surface area contributed by atoms with Crippen LogP contribution < -0.4 is 26.0 Å². The first kappa shape index (κ1) is 38.2. The van der Waals surface area contributed by atoms with E-state index in [0.29, 0.717) is 11.5 Å². The molecule has 0 radical (unpaired) electrons. The molecule has 1 aliphatic rings. The zero-order valence-corrected chi connectivity index (χ0v) is 28.2. The fourth-order valence-corrected chi connectivity index (χ4v) is 5.83. The standard InChI is InChI=1S/C36H38F3N3O10/c1-47-26-13-9-24(10-14-26)35(23-7-4-3-5-8-23,25-11-15-27(48-2)16-12-25)51-21-28-30(44)31(32(52-28)42-19-17-29(43)41-34(42)46)50-22-49-20-6-18-40-33(45)36(37,38)39/h3-5,7-17,19,28,30-32,44H,6,18,20-22H2,1-2H3,(H,40,45)(H,41,43,46)/t28-,30-,31-,32-/m1/s1. The van der Waals surface area contributed by atoms with E-state index >= 15 is 0 Å². The Bertz CT molecular complexity index is 1820. The Morgan fingerprint density at radius 2 is 1.50 bits per heavy atom. The van der Waals surface area contributed by atoms with Crippen molar-refractivity contribution in [1.29, 1.82) is 0 Å². The largest absolute Gasteiger partial charge is 0.497 e. The molecule has 0 aliphatic carbocycles. The fourth-order valence-electron chi connectivity index (χ4n) is 5.83. The number of aromatic amines is 1. The number of aliphatic hydroxyl groups is 1. The lowest BCUT2D eigenvalue weighted by Gasteiger charge is -2.37. The van der Waals surface area contributed by atoms with Crippen molar-refractivity contribution in [2.24, 2.45) is 0 Å². The van der Waals surface area contributed by atoms with E-state index in [1.807, 2.05) is 54.6 Å². The Labute approximate surface area is 295 Å². The highest BCUT2D eigenvalue weighted by Gasteiger charge is 2.48. The van der Waals surface area contributed by atoms with Crippen molar-refractivity contribution in [1.82, 2.24) is 14.9 Å². The number of benzene rings is 3. The second-order valence-electron chi connectivity index (χ2n) is 11.7. The molecule has 0 saturated carbocycles. The number of halogens is 3. The van der Waals surface area contributed by atoms with E-state index < -0.39 is 60.3 Å². The number of ether oxygens (including phenoxy) is 6. The molecule has 13 nitrogen and oxygen atoms in total. The van der Waals surface area contributed by atoms with Crippen molar-refractivity contribution < 1.29 is 51.5 Å². The van der Waals surface area contributed by atoms with Crippen molar-refractivity contribution in [2.75, 3.05) is 40.8 Å². The van der Waals surface area contributed by atoms with Gasteiger partial charge in [0.15, 0.2) is 6.23 Å². The van der Waals surface area contributed by atoms with E-state index in [1.165, 1.54) is 6.20 Å². The molecule has 0 unspecified atom stereocenters. The van der Waals surface area contributed by atoms with Gasteiger partial charge in [-0.15, -0.1) is 0 Å². The minimum Gasteiger partial charge on any atom is -0.497 e. The average Bonchev–Trinajstić information content (AvgIpc) is 3.45. The van der Waals surface area contributed by atoms with Crippen LogP contribution in [-0.4, -0.2) is 85.8 Å². The smallest absolute Gasteiger partial charge is 0.471 e. The minimum absolute atomic E-state index is 0.0342. The quantitative estimate of drug-likeness (QED) is 0.0888. The highest BCUT2D eigenvalue weighted by Crippen LogP contribution is 2.43. The normalized spacial score (nSPS) is 19.0. The lowest BCUT2D eigenvalue weighted by atomic mass is 9.80. The maximum absolute atomic E-state index is 12.8. The summed E-state index contributed by atoms with van der Waals surface area (Å²) >= 11 is 0. The van der Waals surface area contributed by atoms with E-state index in [4.69, 9.17) is 28.4 Å². The van der Waals surface area contributed by atoms with Gasteiger partial charge >= 0.3 is 17.8 Å². The van der Waals surface area contributed by atoms with E-state index in [0.717, 1.165) is 27.3 Å². The summed E-state index contributed by atoms with van der Waals surface area (Å²) in [5.74, 6) is -0.817. The zero-order chi connectivity index (χ0) is 37.3. The summed E-state index contributed by atoms with van der Waals surface area (Å²) in [7, 11) is 3.12. The molecule has 16 heteroatoms. The summed E-state index contributed by atoms with van der Waals surface area (Å²) in [4.78, 5) is 37.8. The van der Waals surface area contributed by atoms with Crippen molar-refractivity contribution >= 4 is 5.91 Å². The molecule has 1 fully saturated rings. The third-order valence-corrected chi connectivity index (χ3v) is 8.43. The predicted octanol–water partition coefficient (Wildman–Crippen LogP) is 3.25. The summed E-state index contributed by atoms with van der Waals surface area (Å²) in [5.41, 5.74) is -0.548. The van der Waals surface area contributed by atoms with Crippen LogP contribution in [0.25, 0.3) is 0 Å². The van der Waals surface area contributed by atoms with Crippen molar-refractivity contribution in [3.8, 4) is 11.5 Å². The number of hydrogen-bond acceptors (Lipinski definition) is 10. The van der Waals surface area contributed by atoms with Gasteiger partial charge in [-0.2, -0.15) is 13.2 Å². The minimum atomic E-state index is -5.00. The van der Waals surface area contributed by atoms with Crippen molar-refractivity contribution in [2.45, 2.75) is 42.7 Å². The Morgan fingerprint density at radius 1 is 0.904 bits per heavy atom. The number of aliphatic hydroxyl groups excluding tert-OH is 1. The maximum atomic E-state index is 12.8. The van der Waals surface area contributed by atoms with Crippen LogP contribution in [0.1, 0.15) is 29.3 Å². The van der Waals surface area contributed by atoms with Crippen LogP contribution in [0, 0.1) is 0 Å². The molecule has 1 aromatic heterocycles. The number of nitrogens with zero attached hydrogens (tertiary/aromatic N) is 1. The Hall–Kier alpha value is -5.00. The van der Waals surface area contributed by atoms with Crippen LogP contribution in [0.5, 0.6) is 11.5 Å². The van der Waals surface area contributed by atoms with Gasteiger partial charge in [-0.05, 0) is 47.4 Å². The number of hydrogen-bond donors (Lipinski definition) is 3. The molecule has 4 atom stereocenters. The fraction of sp³-hybridized carbons (Fsp3) is 0.361. The summed E-state index contributed by atoms with van der Waals surface area (Å²) in [5, 5.41) is 13.3. The number of carbonyl (C=O) groups is 1. The second-order valence-corrected chi connectivity index (χ2v) is 11.7. The molecule has 278 valence electrons. The van der Waals surface area contributed by atoms with Crippen molar-refractivity contribution in [3.63, 3.8) is 0 Å². The van der Waals surface area contributed by atoms with Crippen LogP contribution in [0.15, 0.2) is 101 Å². The maximum Gasteiger partial charge on any atom is 0.471 e. The van der Waals surface area contributed by atoms with E-state index in [1.54, 1.807) is 43.8 Å². The first-order chi connectivity index (χ1) is 25.0. The molecule has 2 heterocycles. The lowest BCUT2D eigenvalue weighted by Crippen LogP contribution is -2.41. The SMILES string of the molecule is COc1ccc(C(OC[C@H]2O[C@@H](n3ccc(=O)[nH]c3=O)[C@H](OCOCCCNC(=O)C(F)(F)F)[C@@H]2O)(c2ccccc2)c2ccc(OC)cc2)cc1. The number of amides is 1. The second kappa shape index (κ2) is 17.0. The molecule has 52 heavy (non-hydrogen) atoms. The van der Waals surface area contributed by atoms with E-state index in [-0.39, 0.29) is 26.2 Å². The van der Waals surface area contributed by atoms with Gasteiger partial charge in [-0.3, -0.25) is 19.1 Å². The number of rotatable bonds is 16. The number of aromatic nitrogens is 2. The average molecular weight is 730 g/mol. The molecule has 1 amide bonds. The van der Waals surface area contributed by atoms with E-state index in [2.05, 4.69) is 4.98 Å². The summed E-state index contributed by atoms with van der Waals surface area (Å²) in [6.45, 7) is -1.08. The first-order valence-electron chi connectivity index (χ1n) is 16.2. The molecule has 1 aliphatic heterocycles. The highest BCUT2D eigenvalue weighted by molar-refractivity contribution is 5.81. The van der Waals surface area contributed by atoms with Gasteiger partial charge in [0, 0.05) is 18.8 Å². The van der Waals surface area contributed by atoms with Gasteiger partial charge in [0.2, 0.25) is 0 Å². The molecule has 4 aromatic rings. The first-order valence-corrected chi connectivity index (χ1v) is 16.2. The summed E-state index contributed by atoms with van der Waals surface area (Å²) in [6.07, 6.45) is -8.74.